The van der Waals surface area contributed by atoms with Crippen LogP contribution < -0.4 is 10.6 Å². The zero-order valence-electron chi connectivity index (χ0n) is 22.1. The van der Waals surface area contributed by atoms with Crippen molar-refractivity contribution in [3.63, 3.8) is 0 Å². The van der Waals surface area contributed by atoms with Gasteiger partial charge in [0.2, 0.25) is 0 Å². The van der Waals surface area contributed by atoms with Gasteiger partial charge in [-0.3, -0.25) is 14.5 Å². The molecule has 0 aromatic rings. The summed E-state index contributed by atoms with van der Waals surface area (Å²) in [6.07, 6.45) is 1.41. The Morgan fingerprint density at radius 3 is 1.39 bits per heavy atom. The number of hydrogen-bond acceptors (Lipinski definition) is 11. The van der Waals surface area contributed by atoms with Crippen LogP contribution in [0.1, 0.15) is 53.4 Å². The van der Waals surface area contributed by atoms with Crippen LogP contribution in [0.25, 0.3) is 0 Å². The van der Waals surface area contributed by atoms with Crippen molar-refractivity contribution in [3.05, 3.63) is 0 Å². The van der Waals surface area contributed by atoms with Gasteiger partial charge in [0.1, 0.15) is 24.0 Å². The lowest BCUT2D eigenvalue weighted by Crippen LogP contribution is -2.45. The molecule has 0 aromatic heterocycles. The maximum atomic E-state index is 12.1. The fourth-order valence-electron chi connectivity index (χ4n) is 2.31. The van der Waals surface area contributed by atoms with Gasteiger partial charge in [0, 0.05) is 0 Å². The van der Waals surface area contributed by atoms with Crippen LogP contribution in [-0.4, -0.2) is 99.3 Å². The van der Waals surface area contributed by atoms with Crippen LogP contribution in [0.2, 0.25) is 0 Å². The molecule has 2 atom stereocenters. The highest BCUT2D eigenvalue weighted by Gasteiger charge is 2.37. The molecule has 0 aliphatic heterocycles. The van der Waals surface area contributed by atoms with Gasteiger partial charge in [0.05, 0.1) is 39.8 Å². The molecule has 0 aromatic carbocycles. The summed E-state index contributed by atoms with van der Waals surface area (Å²) in [4.78, 5) is 49.7. The van der Waals surface area contributed by atoms with Crippen molar-refractivity contribution in [1.82, 2.24) is 15.5 Å². The van der Waals surface area contributed by atoms with Crippen molar-refractivity contribution in [2.75, 3.05) is 60.0 Å². The van der Waals surface area contributed by atoms with Crippen molar-refractivity contribution < 1.29 is 48.3 Å². The zero-order chi connectivity index (χ0) is 27.6. The predicted octanol–water partition coefficient (Wildman–Crippen LogP) is 0.969. The van der Waals surface area contributed by atoms with Gasteiger partial charge in [0.25, 0.3) is 0 Å². The van der Waals surface area contributed by atoms with E-state index in [0.29, 0.717) is 12.8 Å². The normalized spacial score (nSPS) is 14.2. The monoisotopic (exact) mass is 521 g/mol. The summed E-state index contributed by atoms with van der Waals surface area (Å²) in [6, 6.07) is 0. The highest BCUT2D eigenvalue weighted by Crippen LogP contribution is 2.19. The van der Waals surface area contributed by atoms with E-state index < -0.39 is 48.2 Å². The Morgan fingerprint density at radius 2 is 1.08 bits per heavy atom. The Labute approximate surface area is 212 Å². The second kappa shape index (κ2) is 17.7. The number of unbranched alkanes of at least 4 members (excludes halogenated alkanes) is 2. The minimum Gasteiger partial charge on any atom is -0.465 e. The van der Waals surface area contributed by atoms with E-state index in [0.717, 1.165) is 12.8 Å². The molecule has 0 fully saturated rings. The number of nitrogens with zero attached hydrogens (tertiary/aromatic N) is 1. The van der Waals surface area contributed by atoms with E-state index in [2.05, 4.69) is 10.6 Å². The average Bonchev–Trinajstić information content (AvgIpc) is 2.87. The molecule has 4 N–H and O–H groups in total. The number of hydrogen-bond donors (Lipinski definition) is 4. The number of carbonyl (C=O) groups is 4. The van der Waals surface area contributed by atoms with Crippen molar-refractivity contribution in [3.8, 4) is 0 Å². The number of amides is 2. The molecule has 0 saturated carbocycles. The third-order valence-corrected chi connectivity index (χ3v) is 5.18. The average molecular weight is 522 g/mol. The van der Waals surface area contributed by atoms with Gasteiger partial charge < -0.3 is 39.8 Å². The van der Waals surface area contributed by atoms with E-state index in [1.54, 1.807) is 7.05 Å². The third-order valence-electron chi connectivity index (χ3n) is 5.18. The molecular formula is C23H43N3O10. The maximum absolute atomic E-state index is 12.1. The Hall–Kier alpha value is -2.64. The minimum atomic E-state index is -1.38. The highest BCUT2D eigenvalue weighted by molar-refractivity contribution is 5.78. The van der Waals surface area contributed by atoms with Crippen LogP contribution >= 0.6 is 0 Å². The smallest absolute Gasteiger partial charge is 0.408 e. The molecule has 2 unspecified atom stereocenters. The van der Waals surface area contributed by atoms with Gasteiger partial charge in [0.15, 0.2) is 0 Å². The molecule has 13 heteroatoms. The number of rotatable bonds is 18. The van der Waals surface area contributed by atoms with Gasteiger partial charge in [-0.2, -0.15) is 0 Å². The SMILES string of the molecule is CCCCOC(=O)C(C)(CO)COC(=O)NCN(C)CNC(=O)OCC(C)(CO)C(=O)OCCCC. The Bertz CT molecular complexity index is 637. The Morgan fingerprint density at radius 1 is 0.722 bits per heavy atom. The lowest BCUT2D eigenvalue weighted by Gasteiger charge is -2.25. The summed E-state index contributed by atoms with van der Waals surface area (Å²) in [6.45, 7) is 5.31. The second-order valence-corrected chi connectivity index (χ2v) is 9.09. The summed E-state index contributed by atoms with van der Waals surface area (Å²) in [5.74, 6) is -1.31. The van der Waals surface area contributed by atoms with Gasteiger partial charge >= 0.3 is 24.1 Å². The Balaban J connectivity index is 4.36. The van der Waals surface area contributed by atoms with Gasteiger partial charge in [-0.25, -0.2) is 9.59 Å². The first kappa shape index (κ1) is 33.4. The molecule has 0 saturated heterocycles. The number of alkyl carbamates (subject to hydrolysis) is 2. The van der Waals surface area contributed by atoms with Crippen LogP contribution in [0.15, 0.2) is 0 Å². The van der Waals surface area contributed by atoms with E-state index >= 15 is 0 Å². The van der Waals surface area contributed by atoms with Crippen LogP contribution in [0.4, 0.5) is 9.59 Å². The lowest BCUT2D eigenvalue weighted by atomic mass is 9.93. The van der Waals surface area contributed by atoms with Crippen molar-refractivity contribution in [1.29, 1.82) is 0 Å². The van der Waals surface area contributed by atoms with Gasteiger partial charge in [-0.05, 0) is 33.7 Å². The maximum Gasteiger partial charge on any atom is 0.408 e. The molecule has 36 heavy (non-hydrogen) atoms. The highest BCUT2D eigenvalue weighted by atomic mass is 16.6. The van der Waals surface area contributed by atoms with E-state index in [1.165, 1.54) is 18.7 Å². The first-order chi connectivity index (χ1) is 17.0. The molecular weight excluding hydrogens is 478 g/mol. The van der Waals surface area contributed by atoms with Crippen molar-refractivity contribution in [2.24, 2.45) is 10.8 Å². The van der Waals surface area contributed by atoms with Crippen molar-refractivity contribution in [2.45, 2.75) is 53.4 Å². The lowest BCUT2D eigenvalue weighted by molar-refractivity contribution is -0.161. The second-order valence-electron chi connectivity index (χ2n) is 9.09. The molecule has 13 nitrogen and oxygen atoms in total. The predicted molar refractivity (Wildman–Crippen MR) is 129 cm³/mol. The van der Waals surface area contributed by atoms with E-state index in [-0.39, 0.29) is 39.8 Å². The fourth-order valence-corrected chi connectivity index (χ4v) is 2.31. The molecule has 0 heterocycles. The van der Waals surface area contributed by atoms with Crippen LogP contribution in [0, 0.1) is 10.8 Å². The first-order valence-corrected chi connectivity index (χ1v) is 12.0. The summed E-state index contributed by atoms with van der Waals surface area (Å²) >= 11 is 0. The molecule has 0 spiro atoms. The molecule has 0 bridgehead atoms. The standard InChI is InChI=1S/C23H43N3O10/c1-6-8-10-33-18(29)22(3,12-27)14-35-20(31)24-16-26(5)17-25-21(32)36-15-23(4,13-28)19(30)34-11-9-7-2/h27-28H,6-17H2,1-5H3,(H,24,31)(H,25,32). The van der Waals surface area contributed by atoms with Gasteiger partial charge in [-0.15, -0.1) is 0 Å². The van der Waals surface area contributed by atoms with Crippen LogP contribution in [0.3, 0.4) is 0 Å². The minimum absolute atomic E-state index is 0.0198. The molecule has 2 amide bonds. The fraction of sp³-hybridized carbons (Fsp3) is 0.826. The van der Waals surface area contributed by atoms with Gasteiger partial charge in [-0.1, -0.05) is 26.7 Å². The summed E-state index contributed by atoms with van der Waals surface area (Å²) in [7, 11) is 1.59. The Kier molecular flexibility index (Phi) is 16.4. The van der Waals surface area contributed by atoms with E-state index in [9.17, 15) is 29.4 Å². The zero-order valence-corrected chi connectivity index (χ0v) is 22.1. The van der Waals surface area contributed by atoms with E-state index in [1.807, 2.05) is 13.8 Å². The molecule has 0 aliphatic carbocycles. The summed E-state index contributed by atoms with van der Waals surface area (Å²) in [5.41, 5.74) is -2.76. The quantitative estimate of drug-likeness (QED) is 0.0876. The molecule has 0 radical (unpaired) electrons. The molecule has 210 valence electrons. The number of aliphatic hydroxyl groups excluding tert-OH is 2. The summed E-state index contributed by atoms with van der Waals surface area (Å²) < 4.78 is 20.3. The molecule has 0 rings (SSSR count). The van der Waals surface area contributed by atoms with E-state index in [4.69, 9.17) is 18.9 Å². The largest absolute Gasteiger partial charge is 0.465 e. The van der Waals surface area contributed by atoms with Crippen molar-refractivity contribution >= 4 is 24.1 Å². The number of aliphatic hydroxyl groups is 2. The summed E-state index contributed by atoms with van der Waals surface area (Å²) in [5, 5.41) is 24.0. The number of nitrogens with one attached hydrogen (secondary N) is 2. The third kappa shape index (κ3) is 12.9. The number of carbonyl (C=O) groups excluding carboxylic acids is 4. The number of ether oxygens (including phenoxy) is 4. The number of esters is 2. The van der Waals surface area contributed by atoms with Crippen LogP contribution in [0.5, 0.6) is 0 Å². The first-order valence-electron chi connectivity index (χ1n) is 12.0. The van der Waals surface area contributed by atoms with Crippen LogP contribution in [-0.2, 0) is 28.5 Å². The topological polar surface area (TPSA) is 173 Å². The molecule has 0 aliphatic rings.